The average molecular weight is 382 g/mol. The first-order chi connectivity index (χ1) is 13.2. The van der Waals surface area contributed by atoms with Crippen molar-refractivity contribution in [1.82, 2.24) is 4.98 Å². The maximum absolute atomic E-state index is 11.9. The Hall–Kier alpha value is -2.86. The molecule has 0 saturated heterocycles. The van der Waals surface area contributed by atoms with Crippen LogP contribution < -0.4 is 14.8 Å². The third-order valence-corrected chi connectivity index (χ3v) is 4.82. The summed E-state index contributed by atoms with van der Waals surface area (Å²) in [6.07, 6.45) is 3.26. The fraction of sp³-hybridized carbons (Fsp3) is 0.238. The number of methoxy groups -OCH3 is 1. The fourth-order valence-corrected chi connectivity index (χ4v) is 3.21. The van der Waals surface area contributed by atoms with Gasteiger partial charge in [0.15, 0.2) is 5.78 Å². The summed E-state index contributed by atoms with van der Waals surface area (Å²) in [4.78, 5) is 17.2. The summed E-state index contributed by atoms with van der Waals surface area (Å²) in [6.45, 7) is 2.65. The zero-order chi connectivity index (χ0) is 19.1. The summed E-state index contributed by atoms with van der Waals surface area (Å²) < 4.78 is 10.9. The van der Waals surface area contributed by atoms with Gasteiger partial charge in [0.05, 0.1) is 13.7 Å². The molecular formula is C21H22N2O3S. The number of nitrogens with one attached hydrogen (secondary N) is 1. The number of benzene rings is 2. The number of carbonyl (C=O) groups excluding carboxylic acids is 1. The number of ether oxygens (including phenoxy) is 2. The molecule has 0 radical (unpaired) electrons. The fourth-order valence-electron chi connectivity index (χ4n) is 2.50. The van der Waals surface area contributed by atoms with Gasteiger partial charge in [-0.2, -0.15) is 0 Å². The molecule has 140 valence electrons. The molecule has 2 aromatic carbocycles. The summed E-state index contributed by atoms with van der Waals surface area (Å²) >= 11 is 1.49. The number of hydrogen-bond acceptors (Lipinski definition) is 6. The highest BCUT2D eigenvalue weighted by molar-refractivity contribution is 7.13. The van der Waals surface area contributed by atoms with Gasteiger partial charge in [0, 0.05) is 28.7 Å². The highest BCUT2D eigenvalue weighted by Crippen LogP contribution is 2.28. The Bertz CT molecular complexity index is 873. The molecule has 0 aliphatic carbocycles. The van der Waals surface area contributed by atoms with E-state index in [0.29, 0.717) is 18.2 Å². The van der Waals surface area contributed by atoms with Crippen LogP contribution in [0.2, 0.25) is 0 Å². The summed E-state index contributed by atoms with van der Waals surface area (Å²) in [5.74, 6) is 1.69. The number of carbonyl (C=O) groups is 1. The zero-order valence-corrected chi connectivity index (χ0v) is 16.2. The first-order valence-electron chi connectivity index (χ1n) is 8.81. The number of thiazole rings is 1. The molecule has 1 aromatic heterocycles. The monoisotopic (exact) mass is 382 g/mol. The molecule has 3 rings (SSSR count). The zero-order valence-electron chi connectivity index (χ0n) is 15.4. The summed E-state index contributed by atoms with van der Waals surface area (Å²) in [5, 5.41) is 3.93. The minimum atomic E-state index is 0.187. The van der Waals surface area contributed by atoms with Crippen LogP contribution in [-0.2, 0) is 6.54 Å². The van der Waals surface area contributed by atoms with Crippen LogP contribution >= 0.6 is 11.3 Å². The molecule has 0 aliphatic rings. The van der Waals surface area contributed by atoms with Crippen LogP contribution in [-0.4, -0.2) is 17.9 Å². The van der Waals surface area contributed by atoms with Gasteiger partial charge in [-0.15, -0.1) is 0 Å². The van der Waals surface area contributed by atoms with Crippen molar-refractivity contribution >= 4 is 22.8 Å². The Kier molecular flexibility index (Phi) is 6.44. The standard InChI is InChI=1S/C21H22N2O3S/c1-3-4-20(24)15-5-7-16(8-6-15)22-13-19-14-23-21(27-19)26-18-11-9-17(25-2)10-12-18/h5-12,14,22H,3-4,13H2,1-2H3. The van der Waals surface area contributed by atoms with E-state index in [-0.39, 0.29) is 5.78 Å². The smallest absolute Gasteiger partial charge is 0.278 e. The van der Waals surface area contributed by atoms with Crippen LogP contribution in [0.3, 0.4) is 0 Å². The lowest BCUT2D eigenvalue weighted by Gasteiger charge is -2.06. The molecule has 0 bridgehead atoms. The molecular weight excluding hydrogens is 360 g/mol. The van der Waals surface area contributed by atoms with Gasteiger partial charge in [-0.1, -0.05) is 18.3 Å². The quantitative estimate of drug-likeness (QED) is 0.492. The van der Waals surface area contributed by atoms with Crippen molar-refractivity contribution < 1.29 is 14.3 Å². The Labute approximate surface area is 163 Å². The van der Waals surface area contributed by atoms with E-state index in [1.807, 2.05) is 55.5 Å². The normalized spacial score (nSPS) is 10.4. The molecule has 5 nitrogen and oxygen atoms in total. The van der Waals surface area contributed by atoms with Crippen LogP contribution in [0.1, 0.15) is 35.0 Å². The number of anilines is 1. The Balaban J connectivity index is 1.53. The average Bonchev–Trinajstić information content (AvgIpc) is 3.15. The van der Waals surface area contributed by atoms with Gasteiger partial charge in [-0.25, -0.2) is 4.98 Å². The van der Waals surface area contributed by atoms with Crippen LogP contribution in [0.15, 0.2) is 54.7 Å². The first-order valence-corrected chi connectivity index (χ1v) is 9.63. The molecule has 1 N–H and O–H groups in total. The molecule has 0 aliphatic heterocycles. The predicted molar refractivity (Wildman–Crippen MR) is 108 cm³/mol. The third-order valence-electron chi connectivity index (χ3n) is 3.95. The van der Waals surface area contributed by atoms with E-state index in [4.69, 9.17) is 9.47 Å². The van der Waals surface area contributed by atoms with Gasteiger partial charge in [-0.3, -0.25) is 4.79 Å². The molecule has 0 atom stereocenters. The van der Waals surface area contributed by atoms with Crippen molar-refractivity contribution in [2.75, 3.05) is 12.4 Å². The molecule has 0 unspecified atom stereocenters. The van der Waals surface area contributed by atoms with Crippen molar-refractivity contribution in [2.24, 2.45) is 0 Å². The van der Waals surface area contributed by atoms with Gasteiger partial charge in [0.25, 0.3) is 5.19 Å². The van der Waals surface area contributed by atoms with Gasteiger partial charge in [0.1, 0.15) is 11.5 Å². The molecule has 27 heavy (non-hydrogen) atoms. The number of ketones is 1. The second-order valence-corrected chi connectivity index (χ2v) is 7.05. The molecule has 0 spiro atoms. The van der Waals surface area contributed by atoms with Crippen LogP contribution in [0, 0.1) is 0 Å². The minimum Gasteiger partial charge on any atom is -0.497 e. The highest BCUT2D eigenvalue weighted by atomic mass is 32.1. The molecule has 0 saturated carbocycles. The Morgan fingerprint density at radius 2 is 1.78 bits per heavy atom. The SMILES string of the molecule is CCCC(=O)c1ccc(NCc2cnc(Oc3ccc(OC)cc3)s2)cc1. The Morgan fingerprint density at radius 1 is 1.07 bits per heavy atom. The first kappa shape index (κ1) is 18.9. The van der Waals surface area contributed by atoms with Gasteiger partial charge >= 0.3 is 0 Å². The summed E-state index contributed by atoms with van der Waals surface area (Å²) in [7, 11) is 1.63. The topological polar surface area (TPSA) is 60.5 Å². The Morgan fingerprint density at radius 3 is 2.44 bits per heavy atom. The number of aromatic nitrogens is 1. The molecule has 0 amide bonds. The van der Waals surface area contributed by atoms with E-state index in [1.54, 1.807) is 13.3 Å². The second kappa shape index (κ2) is 9.19. The van der Waals surface area contributed by atoms with Crippen molar-refractivity contribution in [3.05, 3.63) is 65.2 Å². The lowest BCUT2D eigenvalue weighted by Crippen LogP contribution is -2.00. The van der Waals surface area contributed by atoms with Crippen molar-refractivity contribution in [2.45, 2.75) is 26.3 Å². The van der Waals surface area contributed by atoms with Crippen molar-refractivity contribution in [3.63, 3.8) is 0 Å². The summed E-state index contributed by atoms with van der Waals surface area (Å²) in [6, 6.07) is 15.0. The maximum atomic E-state index is 11.9. The van der Waals surface area contributed by atoms with Crippen LogP contribution in [0.25, 0.3) is 0 Å². The number of rotatable bonds is 9. The van der Waals surface area contributed by atoms with Crippen molar-refractivity contribution in [1.29, 1.82) is 0 Å². The lowest BCUT2D eigenvalue weighted by atomic mass is 10.1. The van der Waals surface area contributed by atoms with Crippen LogP contribution in [0.4, 0.5) is 5.69 Å². The minimum absolute atomic E-state index is 0.187. The van der Waals surface area contributed by atoms with E-state index in [9.17, 15) is 4.79 Å². The number of Topliss-reactive ketones (excluding diaryl/α,β-unsaturated/α-hetero) is 1. The van der Waals surface area contributed by atoms with Crippen molar-refractivity contribution in [3.8, 4) is 16.7 Å². The van der Waals surface area contributed by atoms with E-state index in [1.165, 1.54) is 11.3 Å². The lowest BCUT2D eigenvalue weighted by molar-refractivity contribution is 0.0982. The largest absolute Gasteiger partial charge is 0.497 e. The van der Waals surface area contributed by atoms with E-state index in [2.05, 4.69) is 10.3 Å². The van der Waals surface area contributed by atoms with Gasteiger partial charge < -0.3 is 14.8 Å². The van der Waals surface area contributed by atoms with Gasteiger partial charge in [-0.05, 0) is 55.0 Å². The number of nitrogens with zero attached hydrogens (tertiary/aromatic N) is 1. The van der Waals surface area contributed by atoms with E-state index >= 15 is 0 Å². The second-order valence-electron chi connectivity index (χ2n) is 5.97. The van der Waals surface area contributed by atoms with E-state index < -0.39 is 0 Å². The molecule has 0 fully saturated rings. The number of hydrogen-bond donors (Lipinski definition) is 1. The third kappa shape index (κ3) is 5.31. The highest BCUT2D eigenvalue weighted by Gasteiger charge is 2.06. The predicted octanol–water partition coefficient (Wildman–Crippen LogP) is 5.54. The molecule has 6 heteroatoms. The maximum Gasteiger partial charge on any atom is 0.278 e. The molecule has 3 aromatic rings. The van der Waals surface area contributed by atoms with Gasteiger partial charge in [0.2, 0.25) is 0 Å². The molecule has 1 heterocycles. The summed E-state index contributed by atoms with van der Waals surface area (Å²) in [5.41, 5.74) is 1.73. The van der Waals surface area contributed by atoms with E-state index in [0.717, 1.165) is 34.0 Å². The van der Waals surface area contributed by atoms with Crippen LogP contribution in [0.5, 0.6) is 16.7 Å².